The molecular formula is C19H19N3O3S. The molecule has 0 radical (unpaired) electrons. The first-order valence-electron chi connectivity index (χ1n) is 8.21. The molecule has 3 rings (SSSR count). The first-order valence-corrected chi connectivity index (χ1v) is 9.09. The van der Waals surface area contributed by atoms with Crippen LogP contribution in [-0.4, -0.2) is 17.0 Å². The monoisotopic (exact) mass is 369 g/mol. The van der Waals surface area contributed by atoms with Gasteiger partial charge in [0, 0.05) is 24.2 Å². The molecule has 0 bridgehead atoms. The number of thiophene rings is 1. The highest BCUT2D eigenvalue weighted by molar-refractivity contribution is 7.13. The van der Waals surface area contributed by atoms with E-state index >= 15 is 0 Å². The van der Waals surface area contributed by atoms with Crippen molar-refractivity contribution in [2.24, 2.45) is 5.92 Å². The van der Waals surface area contributed by atoms with Crippen LogP contribution >= 0.6 is 11.3 Å². The maximum absolute atomic E-state index is 12.2. The number of amides is 2. The molecule has 2 heterocycles. The lowest BCUT2D eigenvalue weighted by Crippen LogP contribution is -2.23. The molecule has 0 fully saturated rings. The Balaban J connectivity index is 1.55. The van der Waals surface area contributed by atoms with E-state index in [-0.39, 0.29) is 23.4 Å². The lowest BCUT2D eigenvalue weighted by Gasteiger charge is -2.08. The van der Waals surface area contributed by atoms with Gasteiger partial charge in [0.15, 0.2) is 11.5 Å². The smallest absolute Gasteiger partial charge is 0.273 e. The van der Waals surface area contributed by atoms with Crippen molar-refractivity contribution < 1.29 is 14.1 Å². The lowest BCUT2D eigenvalue weighted by molar-refractivity contribution is -0.118. The van der Waals surface area contributed by atoms with E-state index in [1.54, 1.807) is 6.07 Å². The molecule has 6 nitrogen and oxygen atoms in total. The summed E-state index contributed by atoms with van der Waals surface area (Å²) in [5, 5.41) is 11.4. The Bertz CT molecular complexity index is 883. The van der Waals surface area contributed by atoms with Crippen LogP contribution in [0.15, 0.2) is 52.4 Å². The second-order valence-corrected chi connectivity index (χ2v) is 7.02. The van der Waals surface area contributed by atoms with Gasteiger partial charge in [0.2, 0.25) is 5.91 Å². The van der Waals surface area contributed by atoms with Gasteiger partial charge in [-0.15, -0.1) is 11.3 Å². The SMILES string of the molecule is CC(C)C(=O)Nc1ccc(CNC(=O)c2cc(-c3cccs3)on2)cc1. The highest BCUT2D eigenvalue weighted by atomic mass is 32.1. The van der Waals surface area contributed by atoms with Crippen molar-refractivity contribution in [2.45, 2.75) is 20.4 Å². The van der Waals surface area contributed by atoms with Gasteiger partial charge in [-0.3, -0.25) is 9.59 Å². The van der Waals surface area contributed by atoms with Crippen molar-refractivity contribution in [3.05, 3.63) is 59.1 Å². The Morgan fingerprint density at radius 1 is 1.19 bits per heavy atom. The van der Waals surface area contributed by atoms with Crippen LogP contribution in [0.25, 0.3) is 10.6 Å². The molecule has 2 aromatic heterocycles. The number of nitrogens with zero attached hydrogens (tertiary/aromatic N) is 1. The summed E-state index contributed by atoms with van der Waals surface area (Å²) < 4.78 is 5.21. The van der Waals surface area contributed by atoms with E-state index < -0.39 is 0 Å². The molecule has 0 spiro atoms. The van der Waals surface area contributed by atoms with E-state index in [9.17, 15) is 9.59 Å². The minimum absolute atomic E-state index is 0.0290. The van der Waals surface area contributed by atoms with Crippen LogP contribution < -0.4 is 10.6 Å². The Morgan fingerprint density at radius 2 is 1.96 bits per heavy atom. The second kappa shape index (κ2) is 7.97. The maximum Gasteiger partial charge on any atom is 0.273 e. The second-order valence-electron chi connectivity index (χ2n) is 6.08. The number of hydrogen-bond donors (Lipinski definition) is 2. The number of anilines is 1. The van der Waals surface area contributed by atoms with Crippen molar-refractivity contribution in [3.63, 3.8) is 0 Å². The van der Waals surface area contributed by atoms with Crippen LogP contribution in [0, 0.1) is 5.92 Å². The average Bonchev–Trinajstić information content (AvgIpc) is 3.32. The number of carbonyl (C=O) groups excluding carboxylic acids is 2. The van der Waals surface area contributed by atoms with Gasteiger partial charge in [0.1, 0.15) is 0 Å². The van der Waals surface area contributed by atoms with E-state index in [2.05, 4.69) is 15.8 Å². The van der Waals surface area contributed by atoms with Crippen molar-refractivity contribution in [2.75, 3.05) is 5.32 Å². The van der Waals surface area contributed by atoms with Crippen LogP contribution in [0.2, 0.25) is 0 Å². The fourth-order valence-corrected chi connectivity index (χ4v) is 2.86. The molecule has 134 valence electrons. The Hall–Kier alpha value is -2.93. The van der Waals surface area contributed by atoms with E-state index in [1.807, 2.05) is 55.6 Å². The number of hydrogen-bond acceptors (Lipinski definition) is 5. The average molecular weight is 369 g/mol. The van der Waals surface area contributed by atoms with Gasteiger partial charge in [-0.05, 0) is 29.1 Å². The zero-order valence-corrected chi connectivity index (χ0v) is 15.3. The fourth-order valence-electron chi connectivity index (χ4n) is 2.18. The van der Waals surface area contributed by atoms with Gasteiger partial charge < -0.3 is 15.2 Å². The summed E-state index contributed by atoms with van der Waals surface area (Å²) in [6, 6.07) is 12.8. The maximum atomic E-state index is 12.2. The van der Waals surface area contributed by atoms with Crippen molar-refractivity contribution in [1.29, 1.82) is 0 Å². The van der Waals surface area contributed by atoms with E-state index in [1.165, 1.54) is 11.3 Å². The van der Waals surface area contributed by atoms with Crippen molar-refractivity contribution >= 4 is 28.8 Å². The van der Waals surface area contributed by atoms with Crippen molar-refractivity contribution in [3.8, 4) is 10.6 Å². The van der Waals surface area contributed by atoms with Crippen molar-refractivity contribution in [1.82, 2.24) is 10.5 Å². The number of aromatic nitrogens is 1. The molecule has 7 heteroatoms. The van der Waals surface area contributed by atoms with Gasteiger partial charge in [0.25, 0.3) is 5.91 Å². The molecule has 2 N–H and O–H groups in total. The largest absolute Gasteiger partial charge is 0.355 e. The molecule has 0 saturated carbocycles. The van der Waals surface area contributed by atoms with Crippen LogP contribution in [0.3, 0.4) is 0 Å². The van der Waals surface area contributed by atoms with E-state index in [0.717, 1.165) is 16.1 Å². The lowest BCUT2D eigenvalue weighted by atomic mass is 10.1. The Kier molecular flexibility index (Phi) is 5.48. The molecular weight excluding hydrogens is 350 g/mol. The van der Waals surface area contributed by atoms with Gasteiger partial charge in [-0.25, -0.2) is 0 Å². The molecule has 0 aliphatic carbocycles. The third kappa shape index (κ3) is 4.37. The first-order chi connectivity index (χ1) is 12.5. The summed E-state index contributed by atoms with van der Waals surface area (Å²) in [6.45, 7) is 4.04. The minimum Gasteiger partial charge on any atom is -0.355 e. The van der Waals surface area contributed by atoms with Crippen LogP contribution in [0.4, 0.5) is 5.69 Å². The first kappa shape index (κ1) is 17.9. The molecule has 0 unspecified atom stereocenters. The number of rotatable bonds is 6. The highest BCUT2D eigenvalue weighted by Gasteiger charge is 2.14. The molecule has 1 aromatic carbocycles. The van der Waals surface area contributed by atoms with Crippen LogP contribution in [0.5, 0.6) is 0 Å². The summed E-state index contributed by atoms with van der Waals surface area (Å²) in [5.74, 6) is 0.179. The van der Waals surface area contributed by atoms with Gasteiger partial charge in [-0.1, -0.05) is 37.2 Å². The predicted molar refractivity (Wildman–Crippen MR) is 101 cm³/mol. The molecule has 2 amide bonds. The zero-order chi connectivity index (χ0) is 18.5. The van der Waals surface area contributed by atoms with Crippen LogP contribution in [-0.2, 0) is 11.3 Å². The van der Waals surface area contributed by atoms with Gasteiger partial charge in [-0.2, -0.15) is 0 Å². The molecule has 0 aliphatic heterocycles. The summed E-state index contributed by atoms with van der Waals surface area (Å²) in [7, 11) is 0. The molecule has 0 saturated heterocycles. The Morgan fingerprint density at radius 3 is 2.62 bits per heavy atom. The van der Waals surface area contributed by atoms with Crippen LogP contribution in [0.1, 0.15) is 29.9 Å². The predicted octanol–water partition coefficient (Wildman–Crippen LogP) is 3.93. The minimum atomic E-state index is -0.297. The van der Waals surface area contributed by atoms with E-state index in [4.69, 9.17) is 4.52 Å². The molecule has 0 aliphatic rings. The number of nitrogens with one attached hydrogen (secondary N) is 2. The standard InChI is InChI=1S/C19H19N3O3S/c1-12(2)18(23)21-14-7-5-13(6-8-14)11-20-19(24)15-10-16(25-22-15)17-4-3-9-26-17/h3-10,12H,11H2,1-2H3,(H,20,24)(H,21,23). The number of benzene rings is 1. The molecule has 3 aromatic rings. The summed E-state index contributed by atoms with van der Waals surface area (Å²) in [4.78, 5) is 24.8. The third-order valence-corrected chi connectivity index (χ3v) is 4.59. The highest BCUT2D eigenvalue weighted by Crippen LogP contribution is 2.25. The summed E-state index contributed by atoms with van der Waals surface area (Å²) >= 11 is 1.52. The molecule has 26 heavy (non-hydrogen) atoms. The van der Waals surface area contributed by atoms with E-state index in [0.29, 0.717) is 12.3 Å². The molecule has 0 atom stereocenters. The Labute approximate surface area is 155 Å². The zero-order valence-electron chi connectivity index (χ0n) is 14.5. The van der Waals surface area contributed by atoms with Gasteiger partial charge in [0.05, 0.1) is 4.88 Å². The summed E-state index contributed by atoms with van der Waals surface area (Å²) in [6.07, 6.45) is 0. The number of carbonyl (C=O) groups is 2. The fraction of sp³-hybridized carbons (Fsp3) is 0.211. The van der Waals surface area contributed by atoms with Gasteiger partial charge >= 0.3 is 0 Å². The normalized spacial score (nSPS) is 10.7. The quantitative estimate of drug-likeness (QED) is 0.689. The third-order valence-electron chi connectivity index (χ3n) is 3.71. The topological polar surface area (TPSA) is 84.2 Å². The summed E-state index contributed by atoms with van der Waals surface area (Å²) in [5.41, 5.74) is 1.90.